The number of nitrogens with one attached hydrogen (secondary N) is 1. The zero-order chi connectivity index (χ0) is 22.6. The van der Waals surface area contributed by atoms with Gasteiger partial charge in [0, 0.05) is 18.5 Å². The Balaban J connectivity index is 1.24. The third-order valence-corrected chi connectivity index (χ3v) is 5.70. The molecule has 1 aromatic heterocycles. The van der Waals surface area contributed by atoms with Crippen molar-refractivity contribution in [2.75, 3.05) is 0 Å². The van der Waals surface area contributed by atoms with Gasteiger partial charge in [-0.2, -0.15) is 5.10 Å². The van der Waals surface area contributed by atoms with Gasteiger partial charge >= 0.3 is 5.97 Å². The lowest BCUT2D eigenvalue weighted by Gasteiger charge is -2.25. The molecular weight excluding hydrogens is 416 g/mol. The Morgan fingerprint density at radius 3 is 2.58 bits per heavy atom. The number of carbonyl (C=O) groups is 2. The number of esters is 1. The molecule has 0 radical (unpaired) electrons. The van der Waals surface area contributed by atoms with Crippen LogP contribution < -0.4 is 5.32 Å². The molecule has 0 saturated heterocycles. The maximum absolute atomic E-state index is 12.8. The fourth-order valence-corrected chi connectivity index (χ4v) is 3.94. The van der Waals surface area contributed by atoms with Crippen molar-refractivity contribution in [1.29, 1.82) is 0 Å². The summed E-state index contributed by atoms with van der Waals surface area (Å²) in [4.78, 5) is 29.2. The van der Waals surface area contributed by atoms with Crippen LogP contribution in [0, 0.1) is 0 Å². The van der Waals surface area contributed by atoms with Gasteiger partial charge in [0.1, 0.15) is 18.8 Å². The summed E-state index contributed by atoms with van der Waals surface area (Å²) in [5.74, 6) is -0.539. The summed E-state index contributed by atoms with van der Waals surface area (Å²) in [7, 11) is 0. The largest absolute Gasteiger partial charge is 0.454 e. The summed E-state index contributed by atoms with van der Waals surface area (Å²) in [6.45, 7) is 1.06. The van der Waals surface area contributed by atoms with Gasteiger partial charge < -0.3 is 10.1 Å². The SMILES string of the molecule is O=C(NCc1ccc(Cn2cncn2)cc1)c1ccc2c(c1)CC(c1ccccc1)OC2=O. The second-order valence-electron chi connectivity index (χ2n) is 7.97. The quantitative estimate of drug-likeness (QED) is 0.464. The van der Waals surface area contributed by atoms with Gasteiger partial charge in [0.2, 0.25) is 0 Å². The number of aromatic nitrogens is 3. The van der Waals surface area contributed by atoms with Crippen molar-refractivity contribution in [3.63, 3.8) is 0 Å². The van der Waals surface area contributed by atoms with Gasteiger partial charge in [0.25, 0.3) is 5.91 Å². The molecule has 0 saturated carbocycles. The molecule has 3 aromatic carbocycles. The van der Waals surface area contributed by atoms with Crippen molar-refractivity contribution >= 4 is 11.9 Å². The highest BCUT2D eigenvalue weighted by atomic mass is 16.5. The van der Waals surface area contributed by atoms with Crippen LogP contribution in [-0.4, -0.2) is 26.6 Å². The first-order chi connectivity index (χ1) is 16.2. The van der Waals surface area contributed by atoms with Crippen molar-refractivity contribution in [3.8, 4) is 0 Å². The lowest BCUT2D eigenvalue weighted by atomic mass is 9.93. The lowest BCUT2D eigenvalue weighted by Crippen LogP contribution is -2.25. The van der Waals surface area contributed by atoms with Crippen LogP contribution in [0.4, 0.5) is 0 Å². The topological polar surface area (TPSA) is 86.1 Å². The van der Waals surface area contributed by atoms with Gasteiger partial charge in [0.05, 0.1) is 12.1 Å². The average Bonchev–Trinajstić information content (AvgIpc) is 3.36. The van der Waals surface area contributed by atoms with E-state index in [-0.39, 0.29) is 18.0 Å². The first-order valence-electron chi connectivity index (χ1n) is 10.7. The summed E-state index contributed by atoms with van der Waals surface area (Å²) in [5.41, 5.74) is 4.91. The van der Waals surface area contributed by atoms with Crippen molar-refractivity contribution in [2.45, 2.75) is 25.6 Å². The number of carbonyl (C=O) groups excluding carboxylic acids is 2. The van der Waals surface area contributed by atoms with Gasteiger partial charge in [0.15, 0.2) is 0 Å². The van der Waals surface area contributed by atoms with Gasteiger partial charge in [-0.15, -0.1) is 0 Å². The number of fused-ring (bicyclic) bond motifs is 1. The van der Waals surface area contributed by atoms with Crippen LogP contribution in [0.3, 0.4) is 0 Å². The van der Waals surface area contributed by atoms with E-state index in [9.17, 15) is 9.59 Å². The highest BCUT2D eigenvalue weighted by molar-refractivity contribution is 5.97. The van der Waals surface area contributed by atoms with Crippen LogP contribution in [0.15, 0.2) is 85.5 Å². The van der Waals surface area contributed by atoms with Crippen molar-refractivity contribution < 1.29 is 14.3 Å². The van der Waals surface area contributed by atoms with Gasteiger partial charge in [-0.05, 0) is 40.5 Å². The van der Waals surface area contributed by atoms with Gasteiger partial charge in [-0.3, -0.25) is 4.79 Å². The van der Waals surface area contributed by atoms with Crippen molar-refractivity contribution in [3.05, 3.63) is 119 Å². The molecule has 2 heterocycles. The number of amides is 1. The molecular formula is C26H22N4O3. The molecule has 0 spiro atoms. The Kier molecular flexibility index (Phi) is 5.68. The molecule has 1 unspecified atom stereocenters. The zero-order valence-electron chi connectivity index (χ0n) is 17.8. The van der Waals surface area contributed by atoms with Crippen LogP contribution >= 0.6 is 0 Å². The Hall–Kier alpha value is -4.26. The fraction of sp³-hybridized carbons (Fsp3) is 0.154. The summed E-state index contributed by atoms with van der Waals surface area (Å²) in [6.07, 6.45) is 3.38. The molecule has 33 heavy (non-hydrogen) atoms. The van der Waals surface area contributed by atoms with Crippen LogP contribution in [-0.2, 0) is 24.2 Å². The fourth-order valence-electron chi connectivity index (χ4n) is 3.94. The summed E-state index contributed by atoms with van der Waals surface area (Å²) in [6, 6.07) is 22.8. The number of nitrogens with zero attached hydrogens (tertiary/aromatic N) is 3. The lowest BCUT2D eigenvalue weighted by molar-refractivity contribution is 0.0252. The Bertz CT molecular complexity index is 1270. The molecule has 0 aliphatic carbocycles. The van der Waals surface area contributed by atoms with Crippen LogP contribution in [0.1, 0.15) is 49.1 Å². The van der Waals surface area contributed by atoms with E-state index in [0.29, 0.717) is 30.6 Å². The number of cyclic esters (lactones) is 1. The number of hydrogen-bond donors (Lipinski definition) is 1. The minimum atomic E-state index is -0.358. The van der Waals surface area contributed by atoms with E-state index in [1.54, 1.807) is 29.2 Å². The third kappa shape index (κ3) is 4.67. The summed E-state index contributed by atoms with van der Waals surface area (Å²) < 4.78 is 7.35. The smallest absolute Gasteiger partial charge is 0.339 e. The Morgan fingerprint density at radius 1 is 1.03 bits per heavy atom. The second kappa shape index (κ2) is 9.08. The number of benzene rings is 3. The minimum absolute atomic E-state index is 0.181. The zero-order valence-corrected chi connectivity index (χ0v) is 17.8. The van der Waals surface area contributed by atoms with E-state index in [4.69, 9.17) is 4.74 Å². The van der Waals surface area contributed by atoms with E-state index in [1.165, 1.54) is 6.33 Å². The second-order valence-corrected chi connectivity index (χ2v) is 7.97. The summed E-state index contributed by atoms with van der Waals surface area (Å²) >= 11 is 0. The molecule has 1 aliphatic heterocycles. The molecule has 5 rings (SSSR count). The molecule has 1 aliphatic rings. The highest BCUT2D eigenvalue weighted by Crippen LogP contribution is 2.31. The molecule has 7 heteroatoms. The van der Waals surface area contributed by atoms with Crippen LogP contribution in [0.5, 0.6) is 0 Å². The van der Waals surface area contributed by atoms with Crippen LogP contribution in [0.25, 0.3) is 0 Å². The van der Waals surface area contributed by atoms with E-state index in [2.05, 4.69) is 15.4 Å². The Morgan fingerprint density at radius 2 is 1.82 bits per heavy atom. The first-order valence-corrected chi connectivity index (χ1v) is 10.7. The third-order valence-electron chi connectivity index (χ3n) is 5.70. The molecule has 1 amide bonds. The van der Waals surface area contributed by atoms with E-state index in [0.717, 1.165) is 22.3 Å². The van der Waals surface area contributed by atoms with E-state index < -0.39 is 0 Å². The van der Waals surface area contributed by atoms with E-state index >= 15 is 0 Å². The maximum atomic E-state index is 12.8. The van der Waals surface area contributed by atoms with Gasteiger partial charge in [-0.1, -0.05) is 54.6 Å². The average molecular weight is 438 g/mol. The summed E-state index contributed by atoms with van der Waals surface area (Å²) in [5, 5.41) is 7.06. The predicted molar refractivity (Wildman–Crippen MR) is 121 cm³/mol. The molecule has 1 atom stereocenters. The standard InChI is InChI=1S/C26H22N4O3/c31-25(28-14-18-6-8-19(9-7-18)15-30-17-27-16-29-30)21-10-11-23-22(12-21)13-24(33-26(23)32)20-4-2-1-3-5-20/h1-12,16-17,24H,13-15H2,(H,28,31). The predicted octanol–water partition coefficient (Wildman–Crippen LogP) is 3.71. The van der Waals surface area contributed by atoms with Crippen molar-refractivity contribution in [2.24, 2.45) is 0 Å². The number of hydrogen-bond acceptors (Lipinski definition) is 5. The number of rotatable bonds is 6. The number of ether oxygens (including phenoxy) is 1. The van der Waals surface area contributed by atoms with E-state index in [1.807, 2.05) is 54.6 Å². The molecule has 0 bridgehead atoms. The van der Waals surface area contributed by atoms with Crippen LogP contribution in [0.2, 0.25) is 0 Å². The monoisotopic (exact) mass is 438 g/mol. The Labute approximate surface area is 191 Å². The molecule has 7 nitrogen and oxygen atoms in total. The van der Waals surface area contributed by atoms with Crippen molar-refractivity contribution in [1.82, 2.24) is 20.1 Å². The molecule has 0 fully saturated rings. The van der Waals surface area contributed by atoms with Gasteiger partial charge in [-0.25, -0.2) is 14.5 Å². The highest BCUT2D eigenvalue weighted by Gasteiger charge is 2.28. The molecule has 4 aromatic rings. The molecule has 164 valence electrons. The molecule has 1 N–H and O–H groups in total. The normalized spacial score (nSPS) is 14.9. The maximum Gasteiger partial charge on any atom is 0.339 e. The minimum Gasteiger partial charge on any atom is -0.454 e. The first kappa shape index (κ1) is 20.6.